The van der Waals surface area contributed by atoms with E-state index in [-0.39, 0.29) is 17.1 Å². The van der Waals surface area contributed by atoms with Gasteiger partial charge in [0.05, 0.1) is 23.0 Å². The van der Waals surface area contributed by atoms with E-state index in [1.165, 1.54) is 24.3 Å². The largest absolute Gasteiger partial charge is 0.379 e. The van der Waals surface area contributed by atoms with E-state index in [0.29, 0.717) is 24.5 Å². The van der Waals surface area contributed by atoms with Gasteiger partial charge in [0.1, 0.15) is 0 Å². The fourth-order valence-corrected chi connectivity index (χ4v) is 4.89. The van der Waals surface area contributed by atoms with E-state index >= 15 is 0 Å². The van der Waals surface area contributed by atoms with E-state index < -0.39 is 14.9 Å². The van der Waals surface area contributed by atoms with Gasteiger partial charge in [-0.15, -0.1) is 0 Å². The third kappa shape index (κ3) is 5.23. The lowest BCUT2D eigenvalue weighted by atomic mass is 9.94. The summed E-state index contributed by atoms with van der Waals surface area (Å²) in [7, 11) is -3.68. The highest BCUT2D eigenvalue weighted by molar-refractivity contribution is 7.89. The van der Waals surface area contributed by atoms with Crippen molar-refractivity contribution in [2.24, 2.45) is 5.92 Å². The molecule has 1 aromatic carbocycles. The predicted octanol–water partition coefficient (Wildman–Crippen LogP) is 0.620. The van der Waals surface area contributed by atoms with E-state index in [1.807, 2.05) is 0 Å². The van der Waals surface area contributed by atoms with Crippen molar-refractivity contribution in [1.29, 1.82) is 0 Å². The average molecular weight is 398 g/mol. The number of nitrogens with one attached hydrogen (secondary N) is 3. The third-order valence-corrected chi connectivity index (χ3v) is 6.69. The topological polar surface area (TPSA) is 123 Å². The van der Waals surface area contributed by atoms with E-state index in [9.17, 15) is 18.5 Å². The van der Waals surface area contributed by atoms with Crippen LogP contribution in [0.4, 0.5) is 5.69 Å². The van der Waals surface area contributed by atoms with Crippen LogP contribution in [0.1, 0.15) is 19.3 Å². The minimum Gasteiger partial charge on any atom is -0.379 e. The Hall–Kier alpha value is -1.59. The molecular weight excluding hydrogens is 372 g/mol. The highest BCUT2D eigenvalue weighted by Crippen LogP contribution is 2.29. The molecule has 10 heteroatoms. The second kappa shape index (κ2) is 9.07. The Morgan fingerprint density at radius 2 is 2.00 bits per heavy atom. The molecule has 3 rings (SSSR count). The fraction of sp³-hybridized carbons (Fsp3) is 0.647. The van der Waals surface area contributed by atoms with Crippen molar-refractivity contribution in [2.75, 3.05) is 32.8 Å². The maximum Gasteiger partial charge on any atom is 0.269 e. The van der Waals surface area contributed by atoms with Gasteiger partial charge < -0.3 is 15.4 Å². The molecule has 3 atom stereocenters. The van der Waals surface area contributed by atoms with Crippen molar-refractivity contribution in [3.05, 3.63) is 34.4 Å². The zero-order valence-corrected chi connectivity index (χ0v) is 15.9. The number of rotatable bonds is 8. The number of non-ortho nitro benzene ring substituents is 1. The Kier molecular flexibility index (Phi) is 6.77. The molecule has 3 unspecified atom stereocenters. The molecule has 9 nitrogen and oxygen atoms in total. The molecule has 1 saturated heterocycles. The fourth-order valence-electron chi connectivity index (χ4n) is 3.86. The van der Waals surface area contributed by atoms with Crippen LogP contribution in [0, 0.1) is 16.0 Å². The van der Waals surface area contributed by atoms with Gasteiger partial charge in [0.2, 0.25) is 10.0 Å². The molecule has 0 radical (unpaired) electrons. The molecule has 2 fully saturated rings. The van der Waals surface area contributed by atoms with Crippen LogP contribution < -0.4 is 15.4 Å². The summed E-state index contributed by atoms with van der Waals surface area (Å²) in [6.45, 7) is 3.16. The Morgan fingerprint density at radius 1 is 1.22 bits per heavy atom. The molecule has 1 saturated carbocycles. The number of sulfonamides is 1. The molecule has 0 amide bonds. The minimum absolute atomic E-state index is 0.0235. The number of nitro groups is 1. The lowest BCUT2D eigenvalue weighted by Crippen LogP contribution is -2.51. The Morgan fingerprint density at radius 3 is 2.67 bits per heavy atom. The number of benzene rings is 1. The van der Waals surface area contributed by atoms with E-state index in [0.717, 1.165) is 39.0 Å². The third-order valence-electron chi connectivity index (χ3n) is 5.22. The normalized spacial score (nSPS) is 26.1. The Bertz CT molecular complexity index is 734. The Balaban J connectivity index is 1.46. The molecule has 0 aromatic heterocycles. The first-order valence-corrected chi connectivity index (χ1v) is 10.7. The SMILES string of the molecule is O=[N+]([O-])c1ccc(S(=O)(=O)NCCNC2CCCC2C2COCCN2)cc1. The van der Waals surface area contributed by atoms with Crippen LogP contribution in [-0.2, 0) is 14.8 Å². The summed E-state index contributed by atoms with van der Waals surface area (Å²) >= 11 is 0. The van der Waals surface area contributed by atoms with Gasteiger partial charge in [-0.1, -0.05) is 6.42 Å². The molecule has 3 N–H and O–H groups in total. The minimum atomic E-state index is -3.68. The monoisotopic (exact) mass is 398 g/mol. The molecule has 1 aliphatic carbocycles. The van der Waals surface area contributed by atoms with Crippen LogP contribution in [-0.4, -0.2) is 58.3 Å². The summed E-state index contributed by atoms with van der Waals surface area (Å²) in [6, 6.07) is 5.58. The van der Waals surface area contributed by atoms with Crippen molar-refractivity contribution < 1.29 is 18.1 Å². The van der Waals surface area contributed by atoms with Gasteiger partial charge in [-0.2, -0.15) is 0 Å². The van der Waals surface area contributed by atoms with Gasteiger partial charge in [-0.25, -0.2) is 13.1 Å². The molecule has 0 bridgehead atoms. The number of nitrogens with zero attached hydrogens (tertiary/aromatic N) is 1. The van der Waals surface area contributed by atoms with Crippen molar-refractivity contribution in [3.8, 4) is 0 Å². The van der Waals surface area contributed by atoms with Crippen LogP contribution in [0.3, 0.4) is 0 Å². The van der Waals surface area contributed by atoms with E-state index in [1.54, 1.807) is 0 Å². The molecular formula is C17H26N4O5S. The van der Waals surface area contributed by atoms with Crippen LogP contribution in [0.5, 0.6) is 0 Å². The highest BCUT2D eigenvalue weighted by atomic mass is 32.2. The van der Waals surface area contributed by atoms with Crippen molar-refractivity contribution >= 4 is 15.7 Å². The number of hydrogen-bond acceptors (Lipinski definition) is 7. The number of morpholine rings is 1. The first-order valence-electron chi connectivity index (χ1n) is 9.26. The number of nitro benzene ring substituents is 1. The summed E-state index contributed by atoms with van der Waals surface area (Å²) in [5, 5.41) is 17.6. The summed E-state index contributed by atoms with van der Waals surface area (Å²) in [4.78, 5) is 10.1. The lowest BCUT2D eigenvalue weighted by molar-refractivity contribution is -0.384. The average Bonchev–Trinajstić information content (AvgIpc) is 3.14. The van der Waals surface area contributed by atoms with Gasteiger partial charge in [-0.05, 0) is 30.9 Å². The number of hydrogen-bond donors (Lipinski definition) is 3. The summed E-state index contributed by atoms with van der Waals surface area (Å²) in [5.41, 5.74) is -0.136. The van der Waals surface area contributed by atoms with Crippen molar-refractivity contribution in [2.45, 2.75) is 36.2 Å². The molecule has 150 valence electrons. The Labute approximate surface area is 159 Å². The quantitative estimate of drug-likeness (QED) is 0.333. The molecule has 0 spiro atoms. The van der Waals surface area contributed by atoms with Crippen LogP contribution >= 0.6 is 0 Å². The second-order valence-electron chi connectivity index (χ2n) is 6.94. The van der Waals surface area contributed by atoms with Gasteiger partial charge >= 0.3 is 0 Å². The molecule has 1 aromatic rings. The first-order chi connectivity index (χ1) is 13.0. The van der Waals surface area contributed by atoms with Crippen molar-refractivity contribution in [3.63, 3.8) is 0 Å². The number of ether oxygens (including phenoxy) is 1. The molecule has 1 aliphatic heterocycles. The van der Waals surface area contributed by atoms with Gasteiger partial charge in [0.25, 0.3) is 5.69 Å². The maximum absolute atomic E-state index is 12.3. The maximum atomic E-state index is 12.3. The summed E-state index contributed by atoms with van der Waals surface area (Å²) < 4.78 is 32.7. The zero-order valence-electron chi connectivity index (χ0n) is 15.1. The van der Waals surface area contributed by atoms with E-state index in [2.05, 4.69) is 15.4 Å². The first kappa shape index (κ1) is 20.2. The highest BCUT2D eigenvalue weighted by Gasteiger charge is 2.34. The smallest absolute Gasteiger partial charge is 0.269 e. The molecule has 1 heterocycles. The predicted molar refractivity (Wildman–Crippen MR) is 100 cm³/mol. The van der Waals surface area contributed by atoms with Gasteiger partial charge in [-0.3, -0.25) is 10.1 Å². The lowest BCUT2D eigenvalue weighted by Gasteiger charge is -2.33. The second-order valence-corrected chi connectivity index (χ2v) is 8.71. The molecule has 2 aliphatic rings. The standard InChI is InChI=1S/C17H26N4O5S/c22-21(23)13-4-6-14(7-5-13)27(24,25)20-9-8-18-16-3-1-2-15(16)17-12-26-11-10-19-17/h4-7,15-20H,1-3,8-12H2. The van der Waals surface area contributed by atoms with Gasteiger partial charge in [0, 0.05) is 43.9 Å². The van der Waals surface area contributed by atoms with Crippen molar-refractivity contribution in [1.82, 2.24) is 15.4 Å². The van der Waals surface area contributed by atoms with E-state index in [4.69, 9.17) is 4.74 Å². The van der Waals surface area contributed by atoms with Crippen LogP contribution in [0.2, 0.25) is 0 Å². The summed E-state index contributed by atoms with van der Waals surface area (Å²) in [5.74, 6) is 0.497. The zero-order chi connectivity index (χ0) is 19.3. The molecule has 27 heavy (non-hydrogen) atoms. The van der Waals surface area contributed by atoms with Crippen LogP contribution in [0.15, 0.2) is 29.2 Å². The van der Waals surface area contributed by atoms with Gasteiger partial charge in [0.15, 0.2) is 0 Å². The summed E-state index contributed by atoms with van der Waals surface area (Å²) in [6.07, 6.45) is 3.39. The van der Waals surface area contributed by atoms with Crippen LogP contribution in [0.25, 0.3) is 0 Å².